The molecule has 0 unspecified atom stereocenters. The van der Waals surface area contributed by atoms with Crippen LogP contribution in [0.4, 0.5) is 5.82 Å². The Hall–Kier alpha value is -4.19. The zero-order valence-corrected chi connectivity index (χ0v) is 16.8. The minimum absolute atomic E-state index is 0.184. The van der Waals surface area contributed by atoms with Crippen LogP contribution in [0.25, 0.3) is 22.0 Å². The first-order valence-corrected chi connectivity index (χ1v) is 9.83. The molecule has 0 bridgehead atoms. The van der Waals surface area contributed by atoms with Crippen molar-refractivity contribution in [2.45, 2.75) is 6.92 Å². The number of pyridine rings is 1. The Bertz CT molecular complexity index is 1270. The van der Waals surface area contributed by atoms with E-state index in [2.05, 4.69) is 10.3 Å². The molecule has 4 rings (SSSR count). The van der Waals surface area contributed by atoms with Crippen LogP contribution in [0.3, 0.4) is 0 Å². The van der Waals surface area contributed by atoms with Crippen LogP contribution >= 0.6 is 0 Å². The molecule has 0 aliphatic carbocycles. The van der Waals surface area contributed by atoms with Crippen molar-refractivity contribution in [2.24, 2.45) is 0 Å². The normalized spacial score (nSPS) is 10.6. The van der Waals surface area contributed by atoms with Crippen LogP contribution in [0.5, 0.6) is 5.75 Å². The number of carboxylic acids is 1. The summed E-state index contributed by atoms with van der Waals surface area (Å²) in [7, 11) is 0. The molecule has 0 saturated carbocycles. The van der Waals surface area contributed by atoms with Gasteiger partial charge in [-0.25, -0.2) is 9.78 Å². The largest absolute Gasteiger partial charge is 0.493 e. The number of fused-ring (bicyclic) bond motifs is 1. The number of hydrogen-bond acceptors (Lipinski definition) is 4. The zero-order chi connectivity index (χ0) is 21.8. The van der Waals surface area contributed by atoms with Gasteiger partial charge in [0.15, 0.2) is 0 Å². The number of aromatic carboxylic acids is 1. The molecule has 0 radical (unpaired) electrons. The Balaban J connectivity index is 1.71. The standard InChI is InChI=1S/C25H20N2O4/c1-2-31-21-10-6-9-19(16-7-4-3-5-8-16)23(21)24(28)27-22-14-12-17-15-18(25(29)30)11-13-20(17)26-22/h3-15H,2H2,1H3,(H,29,30)(H,26,27,28). The number of nitrogens with zero attached hydrogens (tertiary/aromatic N) is 1. The third kappa shape index (κ3) is 4.23. The summed E-state index contributed by atoms with van der Waals surface area (Å²) in [4.78, 5) is 28.9. The van der Waals surface area contributed by atoms with Crippen molar-refractivity contribution in [2.75, 3.05) is 11.9 Å². The Labute approximate surface area is 179 Å². The molecule has 1 aromatic heterocycles. The maximum Gasteiger partial charge on any atom is 0.335 e. The quantitative estimate of drug-likeness (QED) is 0.451. The summed E-state index contributed by atoms with van der Waals surface area (Å²) in [6.07, 6.45) is 0. The molecule has 31 heavy (non-hydrogen) atoms. The van der Waals surface area contributed by atoms with Crippen molar-refractivity contribution >= 4 is 28.6 Å². The van der Waals surface area contributed by atoms with Gasteiger partial charge >= 0.3 is 5.97 Å². The number of benzene rings is 3. The third-order valence-corrected chi connectivity index (χ3v) is 4.82. The molecule has 1 amide bonds. The maximum atomic E-state index is 13.3. The van der Waals surface area contributed by atoms with Crippen molar-refractivity contribution in [3.05, 3.63) is 90.0 Å². The van der Waals surface area contributed by atoms with E-state index in [1.165, 1.54) is 6.07 Å². The van der Waals surface area contributed by atoms with E-state index in [0.717, 1.165) is 11.1 Å². The van der Waals surface area contributed by atoms with Gasteiger partial charge in [0.05, 0.1) is 23.3 Å². The smallest absolute Gasteiger partial charge is 0.335 e. The van der Waals surface area contributed by atoms with Crippen LogP contribution in [0.2, 0.25) is 0 Å². The highest BCUT2D eigenvalue weighted by molar-refractivity contribution is 6.10. The van der Waals surface area contributed by atoms with Gasteiger partial charge in [-0.2, -0.15) is 0 Å². The van der Waals surface area contributed by atoms with E-state index in [-0.39, 0.29) is 11.5 Å². The van der Waals surface area contributed by atoms with E-state index < -0.39 is 5.97 Å². The molecular formula is C25H20N2O4. The van der Waals surface area contributed by atoms with Gasteiger partial charge in [-0.15, -0.1) is 0 Å². The van der Waals surface area contributed by atoms with E-state index in [1.807, 2.05) is 49.4 Å². The summed E-state index contributed by atoms with van der Waals surface area (Å²) in [5, 5.41) is 12.7. The zero-order valence-electron chi connectivity index (χ0n) is 16.8. The SMILES string of the molecule is CCOc1cccc(-c2ccccc2)c1C(=O)Nc1ccc2cc(C(=O)O)ccc2n1. The second-order valence-corrected chi connectivity index (χ2v) is 6.84. The summed E-state index contributed by atoms with van der Waals surface area (Å²) in [5.41, 5.74) is 2.87. The fourth-order valence-electron chi connectivity index (χ4n) is 3.41. The predicted molar refractivity (Wildman–Crippen MR) is 120 cm³/mol. The highest BCUT2D eigenvalue weighted by Gasteiger charge is 2.19. The molecule has 0 spiro atoms. The van der Waals surface area contributed by atoms with Crippen molar-refractivity contribution in [3.63, 3.8) is 0 Å². The maximum absolute atomic E-state index is 13.3. The van der Waals surface area contributed by atoms with Gasteiger partial charge in [-0.05, 0) is 54.4 Å². The minimum Gasteiger partial charge on any atom is -0.493 e. The molecule has 6 nitrogen and oxygen atoms in total. The number of hydrogen-bond donors (Lipinski definition) is 2. The number of anilines is 1. The van der Waals surface area contributed by atoms with Gasteiger partial charge in [0.2, 0.25) is 0 Å². The molecule has 3 aromatic carbocycles. The van der Waals surface area contributed by atoms with Gasteiger partial charge in [0, 0.05) is 5.39 Å². The number of carbonyl (C=O) groups is 2. The topological polar surface area (TPSA) is 88.5 Å². The highest BCUT2D eigenvalue weighted by Crippen LogP contribution is 2.31. The molecule has 0 aliphatic rings. The van der Waals surface area contributed by atoms with Gasteiger partial charge in [0.1, 0.15) is 11.6 Å². The first kappa shape index (κ1) is 20.1. The number of ether oxygens (including phenoxy) is 1. The summed E-state index contributed by atoms with van der Waals surface area (Å²) in [6, 6.07) is 23.2. The molecule has 154 valence electrons. The van der Waals surface area contributed by atoms with Crippen LogP contribution in [-0.4, -0.2) is 28.6 Å². The Morgan fingerprint density at radius 3 is 2.52 bits per heavy atom. The van der Waals surface area contributed by atoms with Crippen molar-refractivity contribution in [3.8, 4) is 16.9 Å². The van der Waals surface area contributed by atoms with Crippen molar-refractivity contribution in [1.29, 1.82) is 0 Å². The number of nitrogens with one attached hydrogen (secondary N) is 1. The average molecular weight is 412 g/mol. The third-order valence-electron chi connectivity index (χ3n) is 4.82. The van der Waals surface area contributed by atoms with Gasteiger partial charge < -0.3 is 15.2 Å². The lowest BCUT2D eigenvalue weighted by atomic mass is 9.98. The molecule has 2 N–H and O–H groups in total. The van der Waals surface area contributed by atoms with E-state index in [9.17, 15) is 9.59 Å². The Morgan fingerprint density at radius 1 is 0.968 bits per heavy atom. The van der Waals surface area contributed by atoms with Gasteiger partial charge in [-0.3, -0.25) is 4.79 Å². The molecular weight excluding hydrogens is 392 g/mol. The second kappa shape index (κ2) is 8.67. The lowest BCUT2D eigenvalue weighted by Crippen LogP contribution is -2.16. The lowest BCUT2D eigenvalue weighted by Gasteiger charge is -2.15. The lowest BCUT2D eigenvalue weighted by molar-refractivity contribution is 0.0697. The Morgan fingerprint density at radius 2 is 1.77 bits per heavy atom. The number of carbonyl (C=O) groups excluding carboxylic acids is 1. The van der Waals surface area contributed by atoms with E-state index in [1.54, 1.807) is 30.3 Å². The van der Waals surface area contributed by atoms with Crippen LogP contribution in [-0.2, 0) is 0 Å². The van der Waals surface area contributed by atoms with Gasteiger partial charge in [0.25, 0.3) is 5.91 Å². The van der Waals surface area contributed by atoms with Crippen LogP contribution < -0.4 is 10.1 Å². The monoisotopic (exact) mass is 412 g/mol. The van der Waals surface area contributed by atoms with Crippen LogP contribution in [0, 0.1) is 0 Å². The fourth-order valence-corrected chi connectivity index (χ4v) is 3.41. The summed E-state index contributed by atoms with van der Waals surface area (Å²) in [5.74, 6) is -0.476. The van der Waals surface area contributed by atoms with E-state index in [4.69, 9.17) is 9.84 Å². The Kier molecular flexibility index (Phi) is 5.62. The number of rotatable bonds is 6. The fraction of sp³-hybridized carbons (Fsp3) is 0.0800. The second-order valence-electron chi connectivity index (χ2n) is 6.84. The van der Waals surface area contributed by atoms with Crippen LogP contribution in [0.1, 0.15) is 27.6 Å². The van der Waals surface area contributed by atoms with Gasteiger partial charge in [-0.1, -0.05) is 42.5 Å². The molecule has 0 saturated heterocycles. The first-order valence-electron chi connectivity index (χ1n) is 9.83. The summed E-state index contributed by atoms with van der Waals surface area (Å²) in [6.45, 7) is 2.30. The minimum atomic E-state index is -1.000. The highest BCUT2D eigenvalue weighted by atomic mass is 16.5. The molecule has 4 aromatic rings. The molecule has 0 atom stereocenters. The molecule has 0 aliphatic heterocycles. The number of aromatic nitrogens is 1. The first-order chi connectivity index (χ1) is 15.1. The van der Waals surface area contributed by atoms with E-state index >= 15 is 0 Å². The predicted octanol–water partition coefficient (Wildman–Crippen LogP) is 5.25. The number of carboxylic acid groups (broad SMARTS) is 1. The summed E-state index contributed by atoms with van der Waals surface area (Å²) < 4.78 is 5.73. The van der Waals surface area contributed by atoms with Crippen molar-refractivity contribution < 1.29 is 19.4 Å². The van der Waals surface area contributed by atoms with Crippen LogP contribution in [0.15, 0.2) is 78.9 Å². The number of amides is 1. The van der Waals surface area contributed by atoms with E-state index in [0.29, 0.717) is 34.6 Å². The molecule has 6 heteroatoms. The molecule has 1 heterocycles. The average Bonchev–Trinajstić information content (AvgIpc) is 2.79. The summed E-state index contributed by atoms with van der Waals surface area (Å²) >= 11 is 0. The molecule has 0 fully saturated rings. The van der Waals surface area contributed by atoms with Crippen molar-refractivity contribution in [1.82, 2.24) is 4.98 Å².